The maximum Gasteiger partial charge on any atom is 0.259 e. The van der Waals surface area contributed by atoms with Crippen molar-refractivity contribution in [2.75, 3.05) is 16.8 Å². The fourth-order valence-corrected chi connectivity index (χ4v) is 4.75. The van der Waals surface area contributed by atoms with Crippen molar-refractivity contribution < 1.29 is 13.2 Å². The van der Waals surface area contributed by atoms with Crippen LogP contribution in [-0.2, 0) is 9.84 Å². The van der Waals surface area contributed by atoms with Crippen LogP contribution in [0.2, 0.25) is 0 Å². The summed E-state index contributed by atoms with van der Waals surface area (Å²) < 4.78 is 25.0. The van der Waals surface area contributed by atoms with Gasteiger partial charge < -0.3 is 5.32 Å². The van der Waals surface area contributed by atoms with E-state index in [2.05, 4.69) is 10.4 Å². The molecule has 7 heteroatoms. The molecule has 1 aromatic carbocycles. The number of anilines is 1. The Morgan fingerprint density at radius 2 is 2.04 bits per heavy atom. The lowest BCUT2D eigenvalue weighted by Gasteiger charge is -2.12. The summed E-state index contributed by atoms with van der Waals surface area (Å²) in [6.45, 7) is 5.76. The third-order valence-electron chi connectivity index (χ3n) is 4.70. The summed E-state index contributed by atoms with van der Waals surface area (Å²) in [6, 6.07) is 5.58. The Hall–Kier alpha value is -2.15. The monoisotopic (exact) mass is 347 g/mol. The summed E-state index contributed by atoms with van der Waals surface area (Å²) >= 11 is 0. The Morgan fingerprint density at radius 1 is 1.29 bits per heavy atom. The van der Waals surface area contributed by atoms with Crippen LogP contribution in [0.15, 0.2) is 24.4 Å². The first-order valence-electron chi connectivity index (χ1n) is 7.90. The van der Waals surface area contributed by atoms with Gasteiger partial charge in [0.05, 0.1) is 29.3 Å². The molecule has 1 saturated heterocycles. The highest BCUT2D eigenvalue weighted by Gasteiger charge is 2.31. The van der Waals surface area contributed by atoms with Gasteiger partial charge in [-0.1, -0.05) is 12.1 Å². The molecule has 24 heavy (non-hydrogen) atoms. The van der Waals surface area contributed by atoms with E-state index in [1.807, 2.05) is 32.0 Å². The van der Waals surface area contributed by atoms with Crippen LogP contribution < -0.4 is 5.32 Å². The van der Waals surface area contributed by atoms with E-state index in [-0.39, 0.29) is 23.5 Å². The van der Waals surface area contributed by atoms with Crippen LogP contribution in [-0.4, -0.2) is 35.6 Å². The van der Waals surface area contributed by atoms with E-state index < -0.39 is 9.84 Å². The van der Waals surface area contributed by atoms with Gasteiger partial charge >= 0.3 is 0 Å². The number of benzene rings is 1. The number of amides is 1. The fraction of sp³-hybridized carbons (Fsp3) is 0.412. The molecule has 1 unspecified atom stereocenters. The van der Waals surface area contributed by atoms with Gasteiger partial charge in [-0.25, -0.2) is 8.42 Å². The number of aromatic nitrogens is 2. The Morgan fingerprint density at radius 3 is 2.71 bits per heavy atom. The summed E-state index contributed by atoms with van der Waals surface area (Å²) in [5, 5.41) is 7.18. The van der Waals surface area contributed by atoms with Crippen molar-refractivity contribution in [3.8, 4) is 0 Å². The molecule has 1 atom stereocenters. The average Bonchev–Trinajstić information content (AvgIpc) is 3.06. The molecule has 6 nitrogen and oxygen atoms in total. The maximum atomic E-state index is 12.6. The standard InChI is InChI=1S/C17H21N3O3S/c1-11-5-4-6-16(12(11)2)19-17(21)15-9-18-20(13(15)3)14-7-8-24(22,23)10-14/h4-6,9,14H,7-8,10H2,1-3H3,(H,19,21). The van der Waals surface area contributed by atoms with Gasteiger partial charge in [0.2, 0.25) is 0 Å². The number of rotatable bonds is 3. The summed E-state index contributed by atoms with van der Waals surface area (Å²) in [4.78, 5) is 12.6. The molecule has 3 rings (SSSR count). The van der Waals surface area contributed by atoms with Gasteiger partial charge in [0.25, 0.3) is 5.91 Å². The predicted molar refractivity (Wildman–Crippen MR) is 93.1 cm³/mol. The van der Waals surface area contributed by atoms with Gasteiger partial charge in [-0.05, 0) is 44.4 Å². The minimum absolute atomic E-state index is 0.0908. The van der Waals surface area contributed by atoms with Crippen molar-refractivity contribution in [2.24, 2.45) is 0 Å². The summed E-state index contributed by atoms with van der Waals surface area (Å²) in [6.07, 6.45) is 2.06. The Bertz CT molecular complexity index is 900. The molecule has 2 heterocycles. The zero-order valence-electron chi connectivity index (χ0n) is 14.0. The van der Waals surface area contributed by atoms with E-state index in [1.54, 1.807) is 11.6 Å². The molecule has 1 amide bonds. The van der Waals surface area contributed by atoms with Crippen molar-refractivity contribution in [1.82, 2.24) is 9.78 Å². The summed E-state index contributed by atoms with van der Waals surface area (Å²) in [5.41, 5.74) is 4.07. The van der Waals surface area contributed by atoms with Gasteiger partial charge in [-0.2, -0.15) is 5.10 Å². The minimum Gasteiger partial charge on any atom is -0.322 e. The zero-order valence-corrected chi connectivity index (χ0v) is 14.9. The molecule has 128 valence electrons. The first-order valence-corrected chi connectivity index (χ1v) is 9.73. The van der Waals surface area contributed by atoms with Crippen LogP contribution >= 0.6 is 0 Å². The third kappa shape index (κ3) is 3.08. The molecule has 1 aromatic heterocycles. The van der Waals surface area contributed by atoms with Crippen LogP contribution in [0.3, 0.4) is 0 Å². The number of nitrogens with one attached hydrogen (secondary N) is 1. The number of carbonyl (C=O) groups is 1. The highest BCUT2D eigenvalue weighted by atomic mass is 32.2. The lowest BCUT2D eigenvalue weighted by atomic mass is 10.1. The Balaban J connectivity index is 1.83. The first-order chi connectivity index (χ1) is 11.3. The second-order valence-corrected chi connectivity index (χ2v) is 8.58. The number of nitrogens with zero attached hydrogens (tertiary/aromatic N) is 2. The summed E-state index contributed by atoms with van der Waals surface area (Å²) in [5.74, 6) is 0.0439. The van der Waals surface area contributed by atoms with Crippen molar-refractivity contribution in [2.45, 2.75) is 33.2 Å². The molecule has 0 radical (unpaired) electrons. The third-order valence-corrected chi connectivity index (χ3v) is 6.45. The molecule has 1 fully saturated rings. The summed E-state index contributed by atoms with van der Waals surface area (Å²) in [7, 11) is -2.99. The lowest BCUT2D eigenvalue weighted by Crippen LogP contribution is -2.17. The fourth-order valence-electron chi connectivity index (χ4n) is 3.06. The second kappa shape index (κ2) is 6.05. The number of hydrogen-bond acceptors (Lipinski definition) is 4. The molecule has 0 spiro atoms. The molecule has 0 bridgehead atoms. The van der Waals surface area contributed by atoms with Crippen molar-refractivity contribution in [3.63, 3.8) is 0 Å². The van der Waals surface area contributed by atoms with Gasteiger partial charge in [-0.3, -0.25) is 9.48 Å². The number of sulfone groups is 1. The molecular weight excluding hydrogens is 326 g/mol. The van der Waals surface area contributed by atoms with Crippen LogP contribution in [0.4, 0.5) is 5.69 Å². The zero-order chi connectivity index (χ0) is 17.5. The largest absolute Gasteiger partial charge is 0.322 e. The maximum absolute atomic E-state index is 12.6. The topological polar surface area (TPSA) is 81.1 Å². The minimum atomic E-state index is -2.99. The van der Waals surface area contributed by atoms with E-state index in [4.69, 9.17) is 0 Å². The van der Waals surface area contributed by atoms with Crippen LogP contribution in [0.25, 0.3) is 0 Å². The van der Waals surface area contributed by atoms with Gasteiger partial charge in [0, 0.05) is 11.4 Å². The predicted octanol–water partition coefficient (Wildman–Crippen LogP) is 2.42. The number of hydrogen-bond donors (Lipinski definition) is 1. The number of aryl methyl sites for hydroxylation is 1. The van der Waals surface area contributed by atoms with E-state index in [1.165, 1.54) is 6.20 Å². The van der Waals surface area contributed by atoms with Gasteiger partial charge in [0.1, 0.15) is 0 Å². The molecule has 0 aliphatic carbocycles. The average molecular weight is 347 g/mol. The number of carbonyl (C=O) groups excluding carboxylic acids is 1. The van der Waals surface area contributed by atoms with Crippen LogP contribution in [0.1, 0.15) is 39.6 Å². The van der Waals surface area contributed by atoms with E-state index in [0.29, 0.717) is 17.7 Å². The van der Waals surface area contributed by atoms with Gasteiger partial charge in [-0.15, -0.1) is 0 Å². The second-order valence-electron chi connectivity index (χ2n) is 6.35. The Kier molecular flexibility index (Phi) is 4.21. The van der Waals surface area contributed by atoms with E-state index in [0.717, 1.165) is 16.8 Å². The first kappa shape index (κ1) is 16.7. The highest BCUT2D eigenvalue weighted by Crippen LogP contribution is 2.26. The Labute approximate surface area is 141 Å². The van der Waals surface area contributed by atoms with Crippen molar-refractivity contribution in [3.05, 3.63) is 46.8 Å². The lowest BCUT2D eigenvalue weighted by molar-refractivity contribution is 0.102. The molecule has 1 N–H and O–H groups in total. The molecular formula is C17H21N3O3S. The smallest absolute Gasteiger partial charge is 0.259 e. The molecule has 2 aromatic rings. The molecule has 1 aliphatic rings. The molecule has 0 saturated carbocycles. The quantitative estimate of drug-likeness (QED) is 0.924. The highest BCUT2D eigenvalue weighted by molar-refractivity contribution is 7.91. The van der Waals surface area contributed by atoms with Gasteiger partial charge in [0.15, 0.2) is 9.84 Å². The van der Waals surface area contributed by atoms with Crippen molar-refractivity contribution in [1.29, 1.82) is 0 Å². The SMILES string of the molecule is Cc1cccc(NC(=O)c2cnn(C3CCS(=O)(=O)C3)c2C)c1C. The normalized spacial score (nSPS) is 19.4. The van der Waals surface area contributed by atoms with E-state index >= 15 is 0 Å². The molecule has 1 aliphatic heterocycles. The van der Waals surface area contributed by atoms with Crippen molar-refractivity contribution >= 4 is 21.4 Å². The van der Waals surface area contributed by atoms with Crippen LogP contribution in [0, 0.1) is 20.8 Å². The van der Waals surface area contributed by atoms with Crippen LogP contribution in [0.5, 0.6) is 0 Å². The van der Waals surface area contributed by atoms with E-state index in [9.17, 15) is 13.2 Å².